The molecule has 1 unspecified atom stereocenters. The fraction of sp³-hybridized carbons (Fsp3) is 0.417. The van der Waals surface area contributed by atoms with E-state index in [4.69, 9.17) is 5.73 Å². The van der Waals surface area contributed by atoms with Gasteiger partial charge < -0.3 is 5.73 Å². The number of halogens is 3. The summed E-state index contributed by atoms with van der Waals surface area (Å²) in [6.45, 7) is 1.85. The van der Waals surface area contributed by atoms with Gasteiger partial charge in [0.25, 0.3) is 0 Å². The molecule has 0 heterocycles. The van der Waals surface area contributed by atoms with Gasteiger partial charge in [-0.05, 0) is 18.1 Å². The van der Waals surface area contributed by atoms with Crippen LogP contribution in [0.4, 0.5) is 13.2 Å². The smallest absolute Gasteiger partial charge is 0.369 e. The molecule has 0 spiro atoms. The summed E-state index contributed by atoms with van der Waals surface area (Å²) in [7, 11) is 0. The molecule has 0 bridgehead atoms. The van der Waals surface area contributed by atoms with Crippen molar-refractivity contribution < 1.29 is 18.0 Å². The molecule has 1 rings (SSSR count). The number of carbonyl (C=O) groups excluding carboxylic acids is 1. The minimum absolute atomic E-state index is 0.328. The van der Waals surface area contributed by atoms with E-state index in [-0.39, 0.29) is 0 Å². The topological polar surface area (TPSA) is 43.1 Å². The summed E-state index contributed by atoms with van der Waals surface area (Å²) >= 11 is 0. The predicted molar refractivity (Wildman–Crippen MR) is 58.3 cm³/mol. The van der Waals surface area contributed by atoms with Gasteiger partial charge in [0.05, 0.1) is 11.5 Å². The van der Waals surface area contributed by atoms with Crippen molar-refractivity contribution in [1.29, 1.82) is 0 Å². The number of benzene rings is 1. The van der Waals surface area contributed by atoms with Crippen molar-refractivity contribution >= 4 is 5.91 Å². The number of hydrogen-bond donors (Lipinski definition) is 1. The first kappa shape index (κ1) is 13.5. The highest BCUT2D eigenvalue weighted by Crippen LogP contribution is 2.32. The lowest BCUT2D eigenvalue weighted by atomic mass is 9.92. The average molecular weight is 245 g/mol. The van der Waals surface area contributed by atoms with Crippen molar-refractivity contribution in [2.45, 2.75) is 31.9 Å². The van der Waals surface area contributed by atoms with Crippen molar-refractivity contribution in [1.82, 2.24) is 0 Å². The molecule has 2 N–H and O–H groups in total. The monoisotopic (exact) mass is 245 g/mol. The van der Waals surface area contributed by atoms with Crippen molar-refractivity contribution in [3.05, 3.63) is 35.4 Å². The predicted octanol–water partition coefficient (Wildman–Crippen LogP) is 3.07. The Hall–Kier alpha value is -1.52. The molecule has 5 heteroatoms. The Balaban J connectivity index is 3.08. The molecular formula is C12H14F3NO. The van der Waals surface area contributed by atoms with Crippen LogP contribution in [-0.2, 0) is 11.0 Å². The van der Waals surface area contributed by atoms with Gasteiger partial charge in [0.2, 0.25) is 5.91 Å². The van der Waals surface area contributed by atoms with E-state index in [9.17, 15) is 18.0 Å². The second-order valence-corrected chi connectivity index (χ2v) is 3.87. The quantitative estimate of drug-likeness (QED) is 0.870. The summed E-state index contributed by atoms with van der Waals surface area (Å²) in [6.07, 6.45) is -3.26. The number of rotatable bonds is 4. The zero-order valence-electron chi connectivity index (χ0n) is 9.42. The molecule has 0 fully saturated rings. The lowest BCUT2D eigenvalue weighted by Gasteiger charge is -2.14. The largest absolute Gasteiger partial charge is 0.416 e. The number of nitrogens with two attached hydrogens (primary N) is 1. The van der Waals surface area contributed by atoms with E-state index >= 15 is 0 Å². The molecule has 0 aliphatic carbocycles. The molecule has 1 amide bonds. The van der Waals surface area contributed by atoms with Gasteiger partial charge in [-0.3, -0.25) is 4.79 Å². The molecule has 0 aliphatic rings. The van der Waals surface area contributed by atoms with Crippen LogP contribution in [0.3, 0.4) is 0 Å². The minimum atomic E-state index is -4.40. The van der Waals surface area contributed by atoms with Crippen LogP contribution in [0.1, 0.15) is 36.8 Å². The summed E-state index contributed by atoms with van der Waals surface area (Å²) < 4.78 is 37.5. The fourth-order valence-electron chi connectivity index (χ4n) is 1.69. The zero-order chi connectivity index (χ0) is 13.1. The minimum Gasteiger partial charge on any atom is -0.369 e. The highest BCUT2D eigenvalue weighted by atomic mass is 19.4. The fourth-order valence-corrected chi connectivity index (χ4v) is 1.69. The van der Waals surface area contributed by atoms with Gasteiger partial charge in [0.15, 0.2) is 0 Å². The molecule has 2 nitrogen and oxygen atoms in total. The van der Waals surface area contributed by atoms with E-state index < -0.39 is 23.6 Å². The van der Waals surface area contributed by atoms with Crippen LogP contribution in [0, 0.1) is 0 Å². The van der Waals surface area contributed by atoms with Gasteiger partial charge in [-0.25, -0.2) is 0 Å². The maximum Gasteiger partial charge on any atom is 0.416 e. The van der Waals surface area contributed by atoms with Crippen LogP contribution >= 0.6 is 0 Å². The molecule has 17 heavy (non-hydrogen) atoms. The molecule has 0 saturated carbocycles. The first-order valence-corrected chi connectivity index (χ1v) is 5.32. The second-order valence-electron chi connectivity index (χ2n) is 3.87. The van der Waals surface area contributed by atoms with Crippen molar-refractivity contribution in [2.24, 2.45) is 5.73 Å². The van der Waals surface area contributed by atoms with Crippen LogP contribution < -0.4 is 5.73 Å². The Labute approximate surface area is 97.6 Å². The number of alkyl halides is 3. The van der Waals surface area contributed by atoms with Crippen LogP contribution in [0.25, 0.3) is 0 Å². The van der Waals surface area contributed by atoms with Crippen molar-refractivity contribution in [2.75, 3.05) is 0 Å². The number of amides is 1. The summed E-state index contributed by atoms with van der Waals surface area (Å²) in [5, 5.41) is 0. The van der Waals surface area contributed by atoms with E-state index in [2.05, 4.69) is 0 Å². The van der Waals surface area contributed by atoms with E-state index in [0.29, 0.717) is 18.4 Å². The summed E-state index contributed by atoms with van der Waals surface area (Å²) in [5.74, 6) is -1.24. The van der Waals surface area contributed by atoms with Gasteiger partial charge >= 0.3 is 6.18 Å². The van der Waals surface area contributed by atoms with Crippen molar-refractivity contribution in [3.8, 4) is 0 Å². The molecule has 94 valence electrons. The molecular weight excluding hydrogens is 231 g/mol. The van der Waals surface area contributed by atoms with E-state index in [0.717, 1.165) is 12.1 Å². The maximum atomic E-state index is 12.5. The Morgan fingerprint density at radius 3 is 2.53 bits per heavy atom. The van der Waals surface area contributed by atoms with Crippen LogP contribution in [0.15, 0.2) is 24.3 Å². The summed E-state index contributed by atoms with van der Waals surface area (Å²) in [4.78, 5) is 11.2. The van der Waals surface area contributed by atoms with Crippen LogP contribution in [0.5, 0.6) is 0 Å². The summed E-state index contributed by atoms with van der Waals surface area (Å²) in [5.41, 5.74) is 4.77. The van der Waals surface area contributed by atoms with Gasteiger partial charge in [-0.2, -0.15) is 13.2 Å². The molecule has 0 aromatic heterocycles. The SMILES string of the molecule is CCCC(C(N)=O)c1cccc(C(F)(F)F)c1. The van der Waals surface area contributed by atoms with Crippen molar-refractivity contribution in [3.63, 3.8) is 0 Å². The Morgan fingerprint density at radius 1 is 1.41 bits per heavy atom. The number of primary amides is 1. The second kappa shape index (κ2) is 5.21. The lowest BCUT2D eigenvalue weighted by molar-refractivity contribution is -0.137. The summed E-state index contributed by atoms with van der Waals surface area (Å²) in [6, 6.07) is 4.77. The third-order valence-electron chi connectivity index (χ3n) is 2.54. The number of carbonyl (C=O) groups is 1. The highest BCUT2D eigenvalue weighted by Gasteiger charge is 2.31. The standard InChI is InChI=1S/C12H14F3NO/c1-2-4-10(11(16)17)8-5-3-6-9(7-8)12(13,14)15/h3,5-7,10H,2,4H2,1H3,(H2,16,17). The number of hydrogen-bond acceptors (Lipinski definition) is 1. The van der Waals surface area contributed by atoms with Gasteiger partial charge in [-0.1, -0.05) is 31.5 Å². The molecule has 0 radical (unpaired) electrons. The van der Waals surface area contributed by atoms with E-state index in [1.165, 1.54) is 12.1 Å². The Bertz CT molecular complexity index is 401. The molecule has 0 saturated heterocycles. The van der Waals surface area contributed by atoms with Gasteiger partial charge in [0.1, 0.15) is 0 Å². The average Bonchev–Trinajstić information content (AvgIpc) is 2.24. The van der Waals surface area contributed by atoms with Crippen LogP contribution in [0.2, 0.25) is 0 Å². The van der Waals surface area contributed by atoms with Crippen LogP contribution in [-0.4, -0.2) is 5.91 Å². The Morgan fingerprint density at radius 2 is 2.06 bits per heavy atom. The highest BCUT2D eigenvalue weighted by molar-refractivity contribution is 5.81. The first-order chi connectivity index (χ1) is 7.86. The van der Waals surface area contributed by atoms with E-state index in [1.54, 1.807) is 0 Å². The maximum absolute atomic E-state index is 12.5. The third-order valence-corrected chi connectivity index (χ3v) is 2.54. The first-order valence-electron chi connectivity index (χ1n) is 5.32. The molecule has 1 atom stereocenters. The molecule has 1 aromatic rings. The lowest BCUT2D eigenvalue weighted by Crippen LogP contribution is -2.21. The molecule has 1 aromatic carbocycles. The Kier molecular flexibility index (Phi) is 4.15. The zero-order valence-corrected chi connectivity index (χ0v) is 9.42. The van der Waals surface area contributed by atoms with Gasteiger partial charge in [-0.15, -0.1) is 0 Å². The van der Waals surface area contributed by atoms with E-state index in [1.807, 2.05) is 6.92 Å². The van der Waals surface area contributed by atoms with Gasteiger partial charge in [0, 0.05) is 0 Å². The normalized spacial score (nSPS) is 13.4. The molecule has 0 aliphatic heterocycles. The third kappa shape index (κ3) is 3.47.